The third-order valence-corrected chi connectivity index (χ3v) is 4.62. The Morgan fingerprint density at radius 2 is 0.750 bits per heavy atom. The Morgan fingerprint density at radius 1 is 0.469 bits per heavy atom. The van der Waals surface area contributed by atoms with Crippen molar-refractivity contribution in [3.63, 3.8) is 0 Å². The molecular formula is C26H18O6. The highest BCUT2D eigenvalue weighted by Crippen LogP contribution is 2.12. The van der Waals surface area contributed by atoms with Crippen LogP contribution in [0.1, 0.15) is 52.6 Å². The van der Waals surface area contributed by atoms with Crippen molar-refractivity contribution >= 4 is 35.7 Å². The van der Waals surface area contributed by atoms with E-state index in [4.69, 9.17) is 10.2 Å². The number of carbonyl (C=O) groups is 4. The maximum Gasteiger partial charge on any atom is 0.335 e. The standard InChI is InChI=1S/C26H18O6/c27-23(15-5-17-1-7-21(8-2-17)25(29)30)19-11-13-20(14-12-19)24(28)16-6-18-3-9-22(10-4-18)26(31)32/h1-16H,(H,29,30)(H,31,32)/b15-5+,16-6+. The first-order chi connectivity index (χ1) is 15.3. The van der Waals surface area contributed by atoms with Gasteiger partial charge in [-0.15, -0.1) is 0 Å². The molecule has 0 saturated heterocycles. The van der Waals surface area contributed by atoms with Gasteiger partial charge in [-0.1, -0.05) is 60.7 Å². The first-order valence-electron chi connectivity index (χ1n) is 9.55. The number of hydrogen-bond acceptors (Lipinski definition) is 4. The summed E-state index contributed by atoms with van der Waals surface area (Å²) in [7, 11) is 0. The Hall–Kier alpha value is -4.58. The summed E-state index contributed by atoms with van der Waals surface area (Å²) in [4.78, 5) is 46.4. The highest BCUT2D eigenvalue weighted by molar-refractivity contribution is 6.09. The molecule has 158 valence electrons. The van der Waals surface area contributed by atoms with Crippen molar-refractivity contribution in [1.29, 1.82) is 0 Å². The van der Waals surface area contributed by atoms with Crippen LogP contribution in [-0.4, -0.2) is 33.7 Å². The number of carboxylic acid groups (broad SMARTS) is 2. The van der Waals surface area contributed by atoms with E-state index in [2.05, 4.69) is 0 Å². The fourth-order valence-corrected chi connectivity index (χ4v) is 2.81. The maximum absolute atomic E-state index is 12.3. The van der Waals surface area contributed by atoms with Crippen LogP contribution in [0.5, 0.6) is 0 Å². The Labute approximate surface area is 183 Å². The summed E-state index contributed by atoms with van der Waals surface area (Å²) in [5.74, 6) is -2.53. The molecule has 0 spiro atoms. The lowest BCUT2D eigenvalue weighted by Gasteiger charge is -2.00. The molecule has 0 amide bonds. The zero-order chi connectivity index (χ0) is 23.1. The van der Waals surface area contributed by atoms with Crippen LogP contribution >= 0.6 is 0 Å². The monoisotopic (exact) mass is 426 g/mol. The average molecular weight is 426 g/mol. The molecule has 0 aromatic heterocycles. The van der Waals surface area contributed by atoms with E-state index in [1.54, 1.807) is 60.7 Å². The number of allylic oxidation sites excluding steroid dienone is 2. The van der Waals surface area contributed by atoms with E-state index < -0.39 is 11.9 Å². The van der Waals surface area contributed by atoms with Gasteiger partial charge in [0.05, 0.1) is 11.1 Å². The number of rotatable bonds is 8. The van der Waals surface area contributed by atoms with Crippen LogP contribution in [0.15, 0.2) is 84.9 Å². The summed E-state index contributed by atoms with van der Waals surface area (Å²) in [6, 6.07) is 18.5. The summed E-state index contributed by atoms with van der Waals surface area (Å²) in [6.07, 6.45) is 5.94. The summed E-state index contributed by atoms with van der Waals surface area (Å²) < 4.78 is 0. The van der Waals surface area contributed by atoms with Crippen LogP contribution in [0.2, 0.25) is 0 Å². The minimum Gasteiger partial charge on any atom is -0.478 e. The van der Waals surface area contributed by atoms with Crippen LogP contribution in [0.25, 0.3) is 12.2 Å². The van der Waals surface area contributed by atoms with Gasteiger partial charge in [-0.3, -0.25) is 9.59 Å². The predicted molar refractivity (Wildman–Crippen MR) is 120 cm³/mol. The molecule has 0 unspecified atom stereocenters. The molecule has 6 heteroatoms. The first-order valence-corrected chi connectivity index (χ1v) is 9.55. The van der Waals surface area contributed by atoms with Crippen molar-refractivity contribution in [1.82, 2.24) is 0 Å². The largest absolute Gasteiger partial charge is 0.478 e. The smallest absolute Gasteiger partial charge is 0.335 e. The molecule has 0 aliphatic heterocycles. The molecule has 0 heterocycles. The van der Waals surface area contributed by atoms with Gasteiger partial charge in [0.15, 0.2) is 11.6 Å². The third-order valence-electron chi connectivity index (χ3n) is 4.62. The molecule has 6 nitrogen and oxygen atoms in total. The molecule has 3 aromatic carbocycles. The number of benzene rings is 3. The Bertz CT molecular complexity index is 1120. The summed E-state index contributed by atoms with van der Waals surface area (Å²) >= 11 is 0. The van der Waals surface area contributed by atoms with Crippen molar-refractivity contribution < 1.29 is 29.4 Å². The van der Waals surface area contributed by atoms with E-state index >= 15 is 0 Å². The predicted octanol–water partition coefficient (Wildman–Crippen LogP) is 4.88. The van der Waals surface area contributed by atoms with E-state index in [0.29, 0.717) is 22.3 Å². The van der Waals surface area contributed by atoms with E-state index in [9.17, 15) is 19.2 Å². The van der Waals surface area contributed by atoms with Gasteiger partial charge in [-0.25, -0.2) is 9.59 Å². The topological polar surface area (TPSA) is 109 Å². The number of aromatic carboxylic acids is 2. The van der Waals surface area contributed by atoms with Gasteiger partial charge in [0.2, 0.25) is 0 Å². The van der Waals surface area contributed by atoms with Crippen LogP contribution in [-0.2, 0) is 0 Å². The third kappa shape index (κ3) is 5.73. The van der Waals surface area contributed by atoms with Gasteiger partial charge >= 0.3 is 11.9 Å². The van der Waals surface area contributed by atoms with E-state index in [-0.39, 0.29) is 22.7 Å². The lowest BCUT2D eigenvalue weighted by molar-refractivity contribution is 0.0686. The van der Waals surface area contributed by atoms with Crippen molar-refractivity contribution in [3.8, 4) is 0 Å². The van der Waals surface area contributed by atoms with Crippen LogP contribution in [0.3, 0.4) is 0 Å². The molecule has 3 aromatic rings. The van der Waals surface area contributed by atoms with Crippen molar-refractivity contribution in [2.24, 2.45) is 0 Å². The average Bonchev–Trinajstić information content (AvgIpc) is 2.81. The van der Waals surface area contributed by atoms with Gasteiger partial charge in [-0.2, -0.15) is 0 Å². The van der Waals surface area contributed by atoms with Crippen molar-refractivity contribution in [2.45, 2.75) is 0 Å². The zero-order valence-corrected chi connectivity index (χ0v) is 16.8. The Balaban J connectivity index is 1.63. The molecule has 0 aliphatic carbocycles. The fourth-order valence-electron chi connectivity index (χ4n) is 2.81. The number of hydrogen-bond donors (Lipinski definition) is 2. The maximum atomic E-state index is 12.3. The second-order valence-electron chi connectivity index (χ2n) is 6.83. The van der Waals surface area contributed by atoms with Gasteiger partial charge in [0.25, 0.3) is 0 Å². The second kappa shape index (κ2) is 9.95. The van der Waals surface area contributed by atoms with E-state index in [0.717, 1.165) is 0 Å². The second-order valence-corrected chi connectivity index (χ2v) is 6.83. The molecule has 0 radical (unpaired) electrons. The molecule has 0 saturated carbocycles. The molecule has 3 rings (SSSR count). The molecule has 2 N–H and O–H groups in total. The molecule has 0 bridgehead atoms. The minimum absolute atomic E-state index is 0.167. The quantitative estimate of drug-likeness (QED) is 0.393. The molecular weight excluding hydrogens is 408 g/mol. The lowest BCUT2D eigenvalue weighted by Crippen LogP contribution is -1.98. The zero-order valence-electron chi connectivity index (χ0n) is 16.8. The summed E-state index contributed by atoms with van der Waals surface area (Å²) in [5.41, 5.74) is 2.54. The Kier molecular flexibility index (Phi) is 6.88. The van der Waals surface area contributed by atoms with E-state index in [1.807, 2.05) is 0 Å². The fraction of sp³-hybridized carbons (Fsp3) is 0. The van der Waals surface area contributed by atoms with Gasteiger partial charge in [0, 0.05) is 11.1 Å². The Morgan fingerprint density at radius 3 is 1.03 bits per heavy atom. The highest BCUT2D eigenvalue weighted by Gasteiger charge is 2.06. The number of ketones is 2. The number of carbonyl (C=O) groups excluding carboxylic acids is 2. The summed E-state index contributed by atoms with van der Waals surface area (Å²) in [6.45, 7) is 0. The number of carboxylic acids is 2. The molecule has 0 fully saturated rings. The van der Waals surface area contributed by atoms with Gasteiger partial charge in [-0.05, 0) is 47.5 Å². The van der Waals surface area contributed by atoms with E-state index in [1.165, 1.54) is 36.4 Å². The van der Waals surface area contributed by atoms with Gasteiger partial charge < -0.3 is 10.2 Å². The molecule has 0 aliphatic rings. The normalized spacial score (nSPS) is 11.0. The van der Waals surface area contributed by atoms with Crippen LogP contribution in [0.4, 0.5) is 0 Å². The van der Waals surface area contributed by atoms with Crippen LogP contribution < -0.4 is 0 Å². The SMILES string of the molecule is O=C(O)c1ccc(/C=C/C(=O)c2ccc(C(=O)/C=C/c3ccc(C(=O)O)cc3)cc2)cc1. The lowest BCUT2D eigenvalue weighted by atomic mass is 10.0. The summed E-state index contributed by atoms with van der Waals surface area (Å²) in [5, 5.41) is 17.8. The van der Waals surface area contributed by atoms with Crippen LogP contribution in [0, 0.1) is 0 Å². The van der Waals surface area contributed by atoms with Crippen molar-refractivity contribution in [3.05, 3.63) is 118 Å². The molecule has 0 atom stereocenters. The first kappa shape index (κ1) is 22.1. The highest BCUT2D eigenvalue weighted by atomic mass is 16.4. The molecule has 32 heavy (non-hydrogen) atoms. The van der Waals surface area contributed by atoms with Gasteiger partial charge in [0.1, 0.15) is 0 Å². The van der Waals surface area contributed by atoms with Crippen molar-refractivity contribution in [2.75, 3.05) is 0 Å². The minimum atomic E-state index is -1.02.